The Balaban J connectivity index is 1.44. The minimum atomic E-state index is -1.53. The van der Waals surface area contributed by atoms with Gasteiger partial charge in [0.05, 0.1) is 29.6 Å². The summed E-state index contributed by atoms with van der Waals surface area (Å²) in [5, 5.41) is 46.4. The Morgan fingerprint density at radius 2 is 2.05 bits per heavy atom. The van der Waals surface area contributed by atoms with Crippen molar-refractivity contribution in [2.75, 3.05) is 19.8 Å². The van der Waals surface area contributed by atoms with Crippen LogP contribution in [0, 0.1) is 0 Å². The monoisotopic (exact) mass is 550 g/mol. The van der Waals surface area contributed by atoms with E-state index < -0.39 is 37.1 Å². The van der Waals surface area contributed by atoms with Gasteiger partial charge in [0, 0.05) is 29.6 Å². The second kappa shape index (κ2) is 11.4. The Labute approximate surface area is 221 Å². The fraction of sp³-hybridized carbons (Fsp3) is 0.458. The van der Waals surface area contributed by atoms with E-state index in [1.54, 1.807) is 29.3 Å². The van der Waals surface area contributed by atoms with Crippen molar-refractivity contribution in [2.24, 2.45) is 0 Å². The number of aliphatic hydroxyl groups is 4. The van der Waals surface area contributed by atoms with E-state index in [4.69, 9.17) is 25.8 Å². The van der Waals surface area contributed by atoms with E-state index >= 15 is 0 Å². The third-order valence-corrected chi connectivity index (χ3v) is 7.63. The van der Waals surface area contributed by atoms with Crippen LogP contribution in [-0.4, -0.2) is 84.4 Å². The average molecular weight is 551 g/mol. The van der Waals surface area contributed by atoms with E-state index in [1.807, 2.05) is 6.08 Å². The molecule has 0 saturated carbocycles. The maximum absolute atomic E-state index is 10.8. The minimum absolute atomic E-state index is 0.217. The highest BCUT2D eigenvalue weighted by molar-refractivity contribution is 7.12. The van der Waals surface area contributed by atoms with Crippen molar-refractivity contribution < 1.29 is 34.6 Å². The zero-order valence-electron chi connectivity index (χ0n) is 19.7. The topological polar surface area (TPSA) is 152 Å². The van der Waals surface area contributed by atoms with E-state index in [0.29, 0.717) is 41.5 Å². The van der Waals surface area contributed by atoms with Crippen LogP contribution in [0.5, 0.6) is 5.75 Å². The Morgan fingerprint density at radius 3 is 2.78 bits per heavy atom. The lowest BCUT2D eigenvalue weighted by molar-refractivity contribution is -0.232. The minimum Gasteiger partial charge on any atom is -0.492 e. The molecule has 1 fully saturated rings. The van der Waals surface area contributed by atoms with Crippen molar-refractivity contribution >= 4 is 28.7 Å². The molecule has 4 N–H and O–H groups in total. The molecule has 0 bridgehead atoms. The highest BCUT2D eigenvalue weighted by Crippen LogP contribution is 2.40. The zero-order valence-corrected chi connectivity index (χ0v) is 21.3. The molecule has 1 saturated heterocycles. The predicted octanol–water partition coefficient (Wildman–Crippen LogP) is 1.33. The van der Waals surface area contributed by atoms with Gasteiger partial charge in [0.2, 0.25) is 0 Å². The molecule has 13 heteroatoms. The summed E-state index contributed by atoms with van der Waals surface area (Å²) in [6.45, 7) is 0.751. The molecule has 0 unspecified atom stereocenters. The Morgan fingerprint density at radius 1 is 1.19 bits per heavy atom. The zero-order chi connectivity index (χ0) is 25.9. The van der Waals surface area contributed by atoms with Crippen LogP contribution in [0.25, 0.3) is 5.76 Å². The van der Waals surface area contributed by atoms with Gasteiger partial charge < -0.3 is 34.6 Å². The normalized spacial score (nSPS) is 25.6. The lowest BCUT2D eigenvalue weighted by Crippen LogP contribution is -2.55. The van der Waals surface area contributed by atoms with Crippen LogP contribution in [0.15, 0.2) is 37.1 Å². The number of rotatable bonds is 9. The fourth-order valence-corrected chi connectivity index (χ4v) is 5.47. The lowest BCUT2D eigenvalue weighted by Gasteiger charge is -2.40. The number of ether oxygens (including phenoxy) is 3. The molecule has 0 radical (unpaired) electrons. The van der Waals surface area contributed by atoms with Gasteiger partial charge in [0.25, 0.3) is 0 Å². The number of halogens is 1. The molecule has 0 amide bonds. The van der Waals surface area contributed by atoms with Gasteiger partial charge in [0.15, 0.2) is 0 Å². The lowest BCUT2D eigenvalue weighted by atomic mass is 9.90. The molecule has 1 aromatic carbocycles. The van der Waals surface area contributed by atoms with Crippen molar-refractivity contribution in [3.63, 3.8) is 0 Å². The molecule has 2 aliphatic rings. The number of hydrogen-bond donors (Lipinski definition) is 4. The van der Waals surface area contributed by atoms with Crippen LogP contribution in [0.2, 0.25) is 5.02 Å². The number of thiazole rings is 1. The number of hydrogen-bond acceptors (Lipinski definition) is 11. The van der Waals surface area contributed by atoms with Gasteiger partial charge in [-0.05, 0) is 23.8 Å². The van der Waals surface area contributed by atoms with Crippen LogP contribution in [-0.2, 0) is 22.4 Å². The van der Waals surface area contributed by atoms with Gasteiger partial charge in [-0.15, -0.1) is 11.3 Å². The summed E-state index contributed by atoms with van der Waals surface area (Å²) < 4.78 is 19.1. The molecule has 4 heterocycles. The maximum atomic E-state index is 10.8. The molecular weight excluding hydrogens is 524 g/mol. The Kier molecular flexibility index (Phi) is 8.05. The molecule has 2 aromatic heterocycles. The number of benzene rings is 1. The van der Waals surface area contributed by atoms with E-state index in [0.717, 1.165) is 22.1 Å². The van der Waals surface area contributed by atoms with Crippen molar-refractivity contribution in [1.29, 1.82) is 0 Å². The Hall–Kier alpha value is -2.58. The molecule has 198 valence electrons. The first-order chi connectivity index (χ1) is 17.9. The highest BCUT2D eigenvalue weighted by Gasteiger charge is 2.45. The summed E-state index contributed by atoms with van der Waals surface area (Å²) >= 11 is 8.15. The maximum Gasteiger partial charge on any atom is 0.137 e. The summed E-state index contributed by atoms with van der Waals surface area (Å²) in [6, 6.07) is 3.37. The second-order valence-electron chi connectivity index (χ2n) is 8.74. The second-order valence-corrected chi connectivity index (χ2v) is 10.3. The van der Waals surface area contributed by atoms with Crippen molar-refractivity contribution in [1.82, 2.24) is 19.7 Å². The van der Waals surface area contributed by atoms with Crippen LogP contribution in [0.4, 0.5) is 0 Å². The summed E-state index contributed by atoms with van der Waals surface area (Å²) in [4.78, 5) is 9.35. The standard InChI is InChI=1S/C24H27ClN4O7S/c25-15-8-17(35-5-3-29-12-26-11-28-29)14(24-23(33)22(32)21(31)18(10-30)36-24)6-13(15)7-20-27-9-19(37-20)16-2-1-4-34-16/h2,6,8-9,11-12,18,21-24,30-33H,1,3-5,7,10H2/t18-,21-,22+,23-,24+/m1/s1. The quantitative estimate of drug-likeness (QED) is 0.307. The molecule has 5 rings (SSSR count). The van der Waals surface area contributed by atoms with Gasteiger partial charge in [-0.3, -0.25) is 0 Å². The third kappa shape index (κ3) is 5.65. The van der Waals surface area contributed by atoms with Gasteiger partial charge in [0.1, 0.15) is 61.3 Å². The summed E-state index contributed by atoms with van der Waals surface area (Å²) in [7, 11) is 0. The first-order valence-corrected chi connectivity index (χ1v) is 13.0. The van der Waals surface area contributed by atoms with E-state index in [9.17, 15) is 20.4 Å². The van der Waals surface area contributed by atoms with E-state index in [1.165, 1.54) is 17.7 Å². The highest BCUT2D eigenvalue weighted by atomic mass is 35.5. The van der Waals surface area contributed by atoms with Gasteiger partial charge in [-0.2, -0.15) is 5.10 Å². The first-order valence-electron chi connectivity index (χ1n) is 11.8. The third-order valence-electron chi connectivity index (χ3n) is 6.27. The smallest absolute Gasteiger partial charge is 0.137 e. The van der Waals surface area contributed by atoms with Gasteiger partial charge in [-0.25, -0.2) is 14.6 Å². The van der Waals surface area contributed by atoms with Crippen LogP contribution >= 0.6 is 22.9 Å². The summed E-state index contributed by atoms with van der Waals surface area (Å²) in [5.41, 5.74) is 1.13. The van der Waals surface area contributed by atoms with Crippen molar-refractivity contribution in [3.05, 3.63) is 63.1 Å². The van der Waals surface area contributed by atoms with Crippen molar-refractivity contribution in [2.45, 2.75) is 49.9 Å². The molecule has 0 spiro atoms. The molecule has 3 aromatic rings. The number of aliphatic hydroxyl groups excluding tert-OH is 4. The van der Waals surface area contributed by atoms with E-state index in [-0.39, 0.29) is 6.61 Å². The van der Waals surface area contributed by atoms with Gasteiger partial charge >= 0.3 is 0 Å². The number of aromatic nitrogens is 4. The molecular formula is C24H27ClN4O7S. The predicted molar refractivity (Wildman–Crippen MR) is 133 cm³/mol. The van der Waals surface area contributed by atoms with Crippen LogP contribution < -0.4 is 4.74 Å². The fourth-order valence-electron chi connectivity index (χ4n) is 4.32. The molecule has 5 atom stereocenters. The Bertz CT molecular complexity index is 1240. The summed E-state index contributed by atoms with van der Waals surface area (Å²) in [5.74, 6) is 1.16. The first kappa shape index (κ1) is 26.0. The molecule has 37 heavy (non-hydrogen) atoms. The SMILES string of the molecule is OC[C@H]1O[C@@H](c2cc(Cc3ncc(C4=CCCO4)s3)c(Cl)cc2OCCn2cncn2)[C@H](O)[C@@H](O)[C@@H]1O. The molecule has 2 aliphatic heterocycles. The molecule has 0 aliphatic carbocycles. The average Bonchev–Trinajstić information content (AvgIpc) is 3.68. The van der Waals surface area contributed by atoms with Crippen molar-refractivity contribution in [3.8, 4) is 5.75 Å². The van der Waals surface area contributed by atoms with E-state index in [2.05, 4.69) is 15.1 Å². The van der Waals surface area contributed by atoms with Crippen LogP contribution in [0.1, 0.15) is 33.5 Å². The largest absolute Gasteiger partial charge is 0.492 e. The van der Waals surface area contributed by atoms with Crippen LogP contribution in [0.3, 0.4) is 0 Å². The summed E-state index contributed by atoms with van der Waals surface area (Å²) in [6.07, 6.45) is 1.44. The van der Waals surface area contributed by atoms with Gasteiger partial charge in [-0.1, -0.05) is 11.6 Å². The number of nitrogens with zero attached hydrogens (tertiary/aromatic N) is 4. The molecule has 11 nitrogen and oxygen atoms in total.